The first-order valence-electron chi connectivity index (χ1n) is 3.73. The average molecular weight is 259 g/mol. The zero-order valence-electron chi connectivity index (χ0n) is 6.62. The normalized spacial score (nSPS) is 10.9. The highest BCUT2D eigenvalue weighted by Crippen LogP contribution is 2.37. The summed E-state index contributed by atoms with van der Waals surface area (Å²) in [5, 5.41) is 19.3. The van der Waals surface area contributed by atoms with E-state index in [0.717, 1.165) is 19.4 Å². The predicted octanol–water partition coefficient (Wildman–Crippen LogP) is 2.86. The van der Waals surface area contributed by atoms with Crippen molar-refractivity contribution in [2.45, 2.75) is 6.61 Å². The van der Waals surface area contributed by atoms with Gasteiger partial charge in [0, 0.05) is 10.1 Å². The van der Waals surface area contributed by atoms with Crippen molar-refractivity contribution in [3.05, 3.63) is 27.5 Å². The third-order valence-corrected chi connectivity index (χ3v) is 3.60. The molecule has 0 aliphatic heterocycles. The molecule has 1 aromatic heterocycles. The summed E-state index contributed by atoms with van der Waals surface area (Å²) in [4.78, 5) is 0. The molecule has 1 aromatic carbocycles. The number of rotatable bonds is 1. The van der Waals surface area contributed by atoms with Gasteiger partial charge in [0.1, 0.15) is 5.75 Å². The van der Waals surface area contributed by atoms with Gasteiger partial charge >= 0.3 is 0 Å². The molecule has 13 heavy (non-hydrogen) atoms. The lowest BCUT2D eigenvalue weighted by molar-refractivity contribution is 0.283. The van der Waals surface area contributed by atoms with Crippen LogP contribution in [0.4, 0.5) is 0 Å². The van der Waals surface area contributed by atoms with Crippen LogP contribution in [0.15, 0.2) is 22.0 Å². The van der Waals surface area contributed by atoms with Gasteiger partial charge in [0.15, 0.2) is 0 Å². The van der Waals surface area contributed by atoms with Crippen LogP contribution in [0.25, 0.3) is 10.1 Å². The Morgan fingerprint density at radius 2 is 2.15 bits per heavy atom. The average Bonchev–Trinajstić information content (AvgIpc) is 2.48. The maximum atomic E-state index is 9.51. The Morgan fingerprint density at radius 1 is 1.38 bits per heavy atom. The van der Waals surface area contributed by atoms with Crippen LogP contribution in [0.3, 0.4) is 0 Å². The second-order valence-corrected chi connectivity index (χ2v) is 5.13. The molecular formula is C9H7BrO2S. The fourth-order valence-corrected chi connectivity index (χ4v) is 2.88. The van der Waals surface area contributed by atoms with E-state index in [-0.39, 0.29) is 12.4 Å². The molecule has 0 spiro atoms. The summed E-state index contributed by atoms with van der Waals surface area (Å²) in [5.74, 6) is 0.258. The molecule has 0 fully saturated rings. The number of aliphatic hydroxyl groups is 1. The van der Waals surface area contributed by atoms with E-state index >= 15 is 0 Å². The molecule has 2 aromatic rings. The van der Waals surface area contributed by atoms with Crippen molar-refractivity contribution in [3.8, 4) is 5.75 Å². The van der Waals surface area contributed by atoms with Gasteiger partial charge in [0.05, 0.1) is 10.4 Å². The number of phenolic OH excluding ortho intramolecular Hbond substituents is 1. The number of halogens is 1. The zero-order valence-corrected chi connectivity index (χ0v) is 9.02. The second kappa shape index (κ2) is 3.29. The van der Waals surface area contributed by atoms with Crippen molar-refractivity contribution < 1.29 is 10.2 Å². The summed E-state index contributed by atoms with van der Waals surface area (Å²) in [6.45, 7) is 0.00370. The molecule has 0 bridgehead atoms. The molecule has 2 rings (SSSR count). The molecule has 0 amide bonds. The van der Waals surface area contributed by atoms with Gasteiger partial charge in [-0.05, 0) is 33.6 Å². The molecule has 0 radical (unpaired) electrons. The summed E-state index contributed by atoms with van der Waals surface area (Å²) >= 11 is 4.86. The first-order valence-corrected chi connectivity index (χ1v) is 5.34. The molecule has 0 saturated carbocycles. The molecule has 0 aliphatic carbocycles. The number of hydrogen-bond acceptors (Lipinski definition) is 3. The summed E-state index contributed by atoms with van der Waals surface area (Å²) < 4.78 is 1.90. The van der Waals surface area contributed by atoms with E-state index in [4.69, 9.17) is 5.11 Å². The molecule has 1 heterocycles. The van der Waals surface area contributed by atoms with Crippen molar-refractivity contribution in [2.75, 3.05) is 0 Å². The van der Waals surface area contributed by atoms with E-state index in [0.29, 0.717) is 0 Å². The molecule has 0 aliphatic rings. The van der Waals surface area contributed by atoms with Crippen molar-refractivity contribution in [1.29, 1.82) is 0 Å². The topological polar surface area (TPSA) is 40.5 Å². The Morgan fingerprint density at radius 3 is 2.85 bits per heavy atom. The maximum absolute atomic E-state index is 9.51. The smallest absolute Gasteiger partial charge is 0.124 e. The number of hydrogen-bond donors (Lipinski definition) is 2. The molecule has 2 N–H and O–H groups in total. The SMILES string of the molecule is OCc1ccc(O)c2cc(Br)sc12. The van der Waals surface area contributed by atoms with Gasteiger partial charge in [-0.1, -0.05) is 6.07 Å². The van der Waals surface area contributed by atoms with Crippen LogP contribution in [0.5, 0.6) is 5.75 Å². The van der Waals surface area contributed by atoms with Gasteiger partial charge in [0.25, 0.3) is 0 Å². The highest BCUT2D eigenvalue weighted by molar-refractivity contribution is 9.11. The molecular weight excluding hydrogens is 252 g/mol. The highest BCUT2D eigenvalue weighted by Gasteiger charge is 2.07. The van der Waals surface area contributed by atoms with Crippen molar-refractivity contribution in [3.63, 3.8) is 0 Å². The minimum absolute atomic E-state index is 0.00370. The van der Waals surface area contributed by atoms with Crippen LogP contribution < -0.4 is 0 Å². The number of aromatic hydroxyl groups is 1. The molecule has 2 nitrogen and oxygen atoms in total. The van der Waals surface area contributed by atoms with Crippen LogP contribution >= 0.6 is 27.3 Å². The lowest BCUT2D eigenvalue weighted by Crippen LogP contribution is -1.81. The standard InChI is InChI=1S/C9H7BrO2S/c10-8-3-6-7(12)2-1-5(4-11)9(6)13-8/h1-3,11-12H,4H2. The van der Waals surface area contributed by atoms with Crippen molar-refractivity contribution in [1.82, 2.24) is 0 Å². The van der Waals surface area contributed by atoms with Crippen LogP contribution in [-0.2, 0) is 6.61 Å². The summed E-state index contributed by atoms with van der Waals surface area (Å²) in [6.07, 6.45) is 0. The zero-order chi connectivity index (χ0) is 9.42. The van der Waals surface area contributed by atoms with Crippen LogP contribution in [0, 0.1) is 0 Å². The predicted molar refractivity (Wildman–Crippen MR) is 57.1 cm³/mol. The van der Waals surface area contributed by atoms with Crippen molar-refractivity contribution in [2.24, 2.45) is 0 Å². The third-order valence-electron chi connectivity index (χ3n) is 1.88. The summed E-state index contributed by atoms with van der Waals surface area (Å²) in [5.41, 5.74) is 0.850. The Labute approximate surface area is 87.6 Å². The van der Waals surface area contributed by atoms with Crippen LogP contribution in [0.2, 0.25) is 0 Å². The molecule has 68 valence electrons. The first-order chi connectivity index (χ1) is 6.22. The van der Waals surface area contributed by atoms with Crippen molar-refractivity contribution >= 4 is 37.4 Å². The van der Waals surface area contributed by atoms with E-state index in [1.807, 2.05) is 6.07 Å². The minimum atomic E-state index is 0.00370. The Kier molecular flexibility index (Phi) is 2.27. The van der Waals surface area contributed by atoms with E-state index in [9.17, 15) is 5.11 Å². The first kappa shape index (κ1) is 8.99. The van der Waals surface area contributed by atoms with E-state index in [2.05, 4.69) is 15.9 Å². The number of phenols is 1. The lowest BCUT2D eigenvalue weighted by Gasteiger charge is -1.99. The Balaban J connectivity index is 2.83. The van der Waals surface area contributed by atoms with Gasteiger partial charge in [-0.2, -0.15) is 0 Å². The summed E-state index contributed by atoms with van der Waals surface area (Å²) in [6, 6.07) is 5.20. The van der Waals surface area contributed by atoms with E-state index < -0.39 is 0 Å². The van der Waals surface area contributed by atoms with Crippen LogP contribution in [-0.4, -0.2) is 10.2 Å². The molecule has 4 heteroatoms. The highest BCUT2D eigenvalue weighted by atomic mass is 79.9. The maximum Gasteiger partial charge on any atom is 0.124 e. The Bertz CT molecular complexity index is 450. The fraction of sp³-hybridized carbons (Fsp3) is 0.111. The molecule has 0 atom stereocenters. The van der Waals surface area contributed by atoms with Crippen LogP contribution in [0.1, 0.15) is 5.56 Å². The monoisotopic (exact) mass is 258 g/mol. The number of thiophene rings is 1. The number of fused-ring (bicyclic) bond motifs is 1. The second-order valence-electron chi connectivity index (χ2n) is 2.70. The minimum Gasteiger partial charge on any atom is -0.507 e. The van der Waals surface area contributed by atoms with Gasteiger partial charge in [-0.15, -0.1) is 11.3 Å². The van der Waals surface area contributed by atoms with Gasteiger partial charge in [-0.25, -0.2) is 0 Å². The Hall–Kier alpha value is -0.580. The molecule has 0 unspecified atom stereocenters. The summed E-state index contributed by atoms with van der Waals surface area (Å²) in [7, 11) is 0. The lowest BCUT2D eigenvalue weighted by atomic mass is 10.1. The third kappa shape index (κ3) is 1.45. The molecule has 0 saturated heterocycles. The van der Waals surface area contributed by atoms with Gasteiger partial charge in [-0.3, -0.25) is 0 Å². The van der Waals surface area contributed by atoms with Gasteiger partial charge < -0.3 is 10.2 Å². The van der Waals surface area contributed by atoms with Gasteiger partial charge in [0.2, 0.25) is 0 Å². The van der Waals surface area contributed by atoms with E-state index in [1.54, 1.807) is 12.1 Å². The number of aliphatic hydroxyl groups excluding tert-OH is 1. The quantitative estimate of drug-likeness (QED) is 0.826. The number of benzene rings is 1. The fourth-order valence-electron chi connectivity index (χ4n) is 1.26. The largest absolute Gasteiger partial charge is 0.507 e. The van der Waals surface area contributed by atoms with E-state index in [1.165, 1.54) is 11.3 Å².